The fraction of sp³-hybridized carbons (Fsp3) is 0.588. The summed E-state index contributed by atoms with van der Waals surface area (Å²) < 4.78 is 17.5. The maximum atomic E-state index is 12.0. The van der Waals surface area contributed by atoms with Gasteiger partial charge in [0.1, 0.15) is 13.2 Å². The zero-order valence-corrected chi connectivity index (χ0v) is 15.4. The first-order valence-electron chi connectivity index (χ1n) is 7.93. The summed E-state index contributed by atoms with van der Waals surface area (Å²) in [7, 11) is 0. The summed E-state index contributed by atoms with van der Waals surface area (Å²) in [5, 5.41) is 2.99. The number of amides is 1. The molecule has 1 N–H and O–H groups in total. The Balaban J connectivity index is 1.90. The molecule has 1 amide bonds. The van der Waals surface area contributed by atoms with Crippen molar-refractivity contribution in [2.75, 3.05) is 26.4 Å². The molecule has 0 spiro atoms. The number of hydrogen-bond acceptors (Lipinski definition) is 4. The lowest BCUT2D eigenvalue weighted by Crippen LogP contribution is -2.28. The first kappa shape index (κ1) is 18.1. The topological polar surface area (TPSA) is 56.8 Å². The number of benzene rings is 1. The maximum absolute atomic E-state index is 12.0. The van der Waals surface area contributed by atoms with Crippen molar-refractivity contribution < 1.29 is 19.0 Å². The molecule has 1 aromatic carbocycles. The van der Waals surface area contributed by atoms with E-state index in [0.717, 1.165) is 21.5 Å². The Morgan fingerprint density at radius 1 is 1.26 bits per heavy atom. The zero-order valence-electron chi connectivity index (χ0n) is 13.9. The first-order valence-corrected chi connectivity index (χ1v) is 8.72. The van der Waals surface area contributed by atoms with Gasteiger partial charge >= 0.3 is 0 Å². The number of fused-ring (bicyclic) bond motifs is 1. The fourth-order valence-corrected chi connectivity index (χ4v) is 2.95. The van der Waals surface area contributed by atoms with Crippen molar-refractivity contribution in [3.63, 3.8) is 0 Å². The molecule has 0 bridgehead atoms. The van der Waals surface area contributed by atoms with Crippen LogP contribution in [0, 0.1) is 5.92 Å². The van der Waals surface area contributed by atoms with E-state index in [1.807, 2.05) is 19.1 Å². The smallest absolute Gasteiger partial charge is 0.222 e. The normalized spacial score (nSPS) is 14.7. The summed E-state index contributed by atoms with van der Waals surface area (Å²) in [6, 6.07) is 3.68. The lowest BCUT2D eigenvalue weighted by Gasteiger charge is -2.22. The number of hydrogen-bond donors (Lipinski definition) is 1. The minimum Gasteiger partial charge on any atom is -0.486 e. The molecule has 1 heterocycles. The minimum atomic E-state index is -0.127. The van der Waals surface area contributed by atoms with Crippen molar-refractivity contribution in [3.8, 4) is 11.5 Å². The Morgan fingerprint density at radius 2 is 1.91 bits per heavy atom. The molecule has 0 aliphatic carbocycles. The third-order valence-electron chi connectivity index (χ3n) is 3.43. The number of nitrogens with one attached hydrogen (secondary N) is 1. The standard InChI is InChI=1S/C17H24BrNO4/c1-11(2)10-21-5-4-17(20)19-12(3)13-8-15-16(9-14(13)18)23-7-6-22-15/h8-9,11-12H,4-7,10H2,1-3H3,(H,19,20)/t12-/m0/s1. The summed E-state index contributed by atoms with van der Waals surface area (Å²) >= 11 is 3.53. The molecule has 128 valence electrons. The Hall–Kier alpha value is -1.27. The van der Waals surface area contributed by atoms with Crippen LogP contribution < -0.4 is 14.8 Å². The number of carbonyl (C=O) groups is 1. The molecule has 0 aromatic heterocycles. The molecular formula is C17H24BrNO4. The summed E-state index contributed by atoms with van der Waals surface area (Å²) in [5.41, 5.74) is 0.964. The average molecular weight is 386 g/mol. The van der Waals surface area contributed by atoms with Crippen LogP contribution in [0.5, 0.6) is 11.5 Å². The second-order valence-electron chi connectivity index (χ2n) is 6.03. The SMILES string of the molecule is CC(C)COCCC(=O)N[C@@H](C)c1cc2c(cc1Br)OCCO2. The largest absolute Gasteiger partial charge is 0.486 e. The molecule has 0 unspecified atom stereocenters. The predicted octanol–water partition coefficient (Wildman–Crippen LogP) is 3.46. The summed E-state index contributed by atoms with van der Waals surface area (Å²) in [6.45, 7) is 8.34. The van der Waals surface area contributed by atoms with E-state index in [-0.39, 0.29) is 11.9 Å². The van der Waals surface area contributed by atoms with Gasteiger partial charge in [0.2, 0.25) is 5.91 Å². The van der Waals surface area contributed by atoms with Gasteiger partial charge in [0, 0.05) is 17.5 Å². The van der Waals surface area contributed by atoms with E-state index in [4.69, 9.17) is 14.2 Å². The Morgan fingerprint density at radius 3 is 2.57 bits per heavy atom. The van der Waals surface area contributed by atoms with E-state index in [9.17, 15) is 4.79 Å². The molecule has 1 aliphatic rings. The molecule has 1 aromatic rings. The highest BCUT2D eigenvalue weighted by Crippen LogP contribution is 2.37. The van der Waals surface area contributed by atoms with Gasteiger partial charge in [-0.15, -0.1) is 0 Å². The van der Waals surface area contributed by atoms with Crippen LogP contribution in [0.3, 0.4) is 0 Å². The van der Waals surface area contributed by atoms with Gasteiger partial charge in [0.15, 0.2) is 11.5 Å². The van der Waals surface area contributed by atoms with Gasteiger partial charge in [-0.2, -0.15) is 0 Å². The number of halogens is 1. The van der Waals surface area contributed by atoms with Crippen LogP contribution in [0.15, 0.2) is 16.6 Å². The highest BCUT2D eigenvalue weighted by atomic mass is 79.9. The second kappa shape index (κ2) is 8.55. The van der Waals surface area contributed by atoms with Gasteiger partial charge in [-0.3, -0.25) is 4.79 Å². The molecule has 23 heavy (non-hydrogen) atoms. The predicted molar refractivity (Wildman–Crippen MR) is 92.0 cm³/mol. The molecule has 0 fully saturated rings. The molecular weight excluding hydrogens is 362 g/mol. The van der Waals surface area contributed by atoms with Crippen molar-refractivity contribution in [1.29, 1.82) is 0 Å². The third kappa shape index (κ3) is 5.39. The van der Waals surface area contributed by atoms with Gasteiger partial charge < -0.3 is 19.5 Å². The summed E-state index contributed by atoms with van der Waals surface area (Å²) in [6.07, 6.45) is 0.360. The molecule has 2 rings (SSSR count). The van der Waals surface area contributed by atoms with E-state index >= 15 is 0 Å². The lowest BCUT2D eigenvalue weighted by atomic mass is 10.1. The van der Waals surface area contributed by atoms with Crippen LogP contribution in [0.25, 0.3) is 0 Å². The molecule has 0 saturated carbocycles. The van der Waals surface area contributed by atoms with E-state index < -0.39 is 0 Å². The van der Waals surface area contributed by atoms with Crippen molar-refractivity contribution in [2.24, 2.45) is 5.92 Å². The Labute approximate surface area is 145 Å². The summed E-state index contributed by atoms with van der Waals surface area (Å²) in [5.74, 6) is 1.90. The molecule has 5 nitrogen and oxygen atoms in total. The van der Waals surface area contributed by atoms with Gasteiger partial charge in [-0.25, -0.2) is 0 Å². The Kier molecular flexibility index (Phi) is 6.72. The molecule has 0 saturated heterocycles. The second-order valence-corrected chi connectivity index (χ2v) is 6.88. The summed E-state index contributed by atoms with van der Waals surface area (Å²) in [4.78, 5) is 12.0. The quantitative estimate of drug-likeness (QED) is 0.730. The first-order chi connectivity index (χ1) is 11.0. The van der Waals surface area contributed by atoms with Gasteiger partial charge in [-0.05, 0) is 30.5 Å². The van der Waals surface area contributed by atoms with E-state index in [1.165, 1.54) is 0 Å². The number of ether oxygens (including phenoxy) is 3. The highest BCUT2D eigenvalue weighted by Gasteiger charge is 2.19. The van der Waals surface area contributed by atoms with Gasteiger partial charge in [0.05, 0.1) is 12.6 Å². The maximum Gasteiger partial charge on any atom is 0.222 e. The van der Waals surface area contributed by atoms with Crippen LogP contribution in [0.2, 0.25) is 0 Å². The van der Waals surface area contributed by atoms with Crippen LogP contribution in [0.4, 0.5) is 0 Å². The monoisotopic (exact) mass is 385 g/mol. The van der Waals surface area contributed by atoms with Crippen molar-refractivity contribution in [3.05, 3.63) is 22.2 Å². The van der Waals surface area contributed by atoms with Gasteiger partial charge in [-0.1, -0.05) is 29.8 Å². The van der Waals surface area contributed by atoms with Crippen molar-refractivity contribution in [1.82, 2.24) is 5.32 Å². The molecule has 6 heteroatoms. The van der Waals surface area contributed by atoms with Crippen LogP contribution in [-0.2, 0) is 9.53 Å². The number of carbonyl (C=O) groups excluding carboxylic acids is 1. The highest BCUT2D eigenvalue weighted by molar-refractivity contribution is 9.10. The van der Waals surface area contributed by atoms with E-state index in [0.29, 0.717) is 38.8 Å². The lowest BCUT2D eigenvalue weighted by molar-refractivity contribution is -0.122. The van der Waals surface area contributed by atoms with Crippen LogP contribution in [0.1, 0.15) is 38.8 Å². The zero-order chi connectivity index (χ0) is 16.8. The average Bonchev–Trinajstić information content (AvgIpc) is 2.50. The van der Waals surface area contributed by atoms with Crippen molar-refractivity contribution in [2.45, 2.75) is 33.2 Å². The van der Waals surface area contributed by atoms with E-state index in [2.05, 4.69) is 35.1 Å². The van der Waals surface area contributed by atoms with E-state index in [1.54, 1.807) is 0 Å². The fourth-order valence-electron chi connectivity index (χ4n) is 2.29. The van der Waals surface area contributed by atoms with Crippen LogP contribution >= 0.6 is 15.9 Å². The molecule has 0 radical (unpaired) electrons. The molecule has 1 atom stereocenters. The Bertz CT molecular complexity index is 548. The minimum absolute atomic E-state index is 0.0250. The third-order valence-corrected chi connectivity index (χ3v) is 4.12. The molecule has 1 aliphatic heterocycles. The number of rotatable bonds is 7. The van der Waals surface area contributed by atoms with Crippen molar-refractivity contribution >= 4 is 21.8 Å². The van der Waals surface area contributed by atoms with Crippen LogP contribution in [-0.4, -0.2) is 32.3 Å². The van der Waals surface area contributed by atoms with Gasteiger partial charge in [0.25, 0.3) is 0 Å².